The largest absolute Gasteiger partial charge is 0.481 e. The van der Waals surface area contributed by atoms with Gasteiger partial charge in [-0.1, -0.05) is 25.0 Å². The van der Waals surface area contributed by atoms with Crippen molar-refractivity contribution >= 4 is 5.91 Å². The van der Waals surface area contributed by atoms with E-state index in [0.29, 0.717) is 5.75 Å². The van der Waals surface area contributed by atoms with E-state index in [-0.39, 0.29) is 11.9 Å². The second-order valence-electron chi connectivity index (χ2n) is 5.54. The van der Waals surface area contributed by atoms with Crippen molar-refractivity contribution in [3.63, 3.8) is 0 Å². The lowest BCUT2D eigenvalue weighted by Crippen LogP contribution is -2.49. The quantitative estimate of drug-likeness (QED) is 0.887. The lowest BCUT2D eigenvalue weighted by Gasteiger charge is -2.29. The normalized spacial score (nSPS) is 23.9. The zero-order valence-corrected chi connectivity index (χ0v) is 12.1. The van der Waals surface area contributed by atoms with E-state index in [1.54, 1.807) is 6.92 Å². The van der Waals surface area contributed by atoms with Crippen LogP contribution >= 0.6 is 0 Å². The minimum absolute atomic E-state index is 0.139. The van der Waals surface area contributed by atoms with Crippen molar-refractivity contribution in [2.45, 2.75) is 57.8 Å². The number of hydrogen-bond donors (Lipinski definition) is 2. The Balaban J connectivity index is 1.88. The molecule has 1 aromatic rings. The Kier molecular flexibility index (Phi) is 5.01. The monoisotopic (exact) mass is 277 g/mol. The summed E-state index contributed by atoms with van der Waals surface area (Å²) in [7, 11) is 0. The lowest BCUT2D eigenvalue weighted by atomic mass is 9.92. The molecule has 110 valence electrons. The summed E-state index contributed by atoms with van der Waals surface area (Å²) in [5.74, 6) is 0.522. The molecule has 2 N–H and O–H groups in total. The Morgan fingerprint density at radius 3 is 2.85 bits per heavy atom. The number of aryl methyl sites for hydroxylation is 1. The van der Waals surface area contributed by atoms with E-state index in [9.17, 15) is 9.90 Å². The summed E-state index contributed by atoms with van der Waals surface area (Å²) in [6.45, 7) is 3.71. The molecule has 0 radical (unpaired) electrons. The molecule has 4 nitrogen and oxygen atoms in total. The molecule has 1 aromatic carbocycles. The Bertz CT molecular complexity index is 461. The van der Waals surface area contributed by atoms with Crippen LogP contribution in [-0.2, 0) is 4.79 Å². The lowest BCUT2D eigenvalue weighted by molar-refractivity contribution is -0.129. The van der Waals surface area contributed by atoms with Gasteiger partial charge >= 0.3 is 0 Å². The van der Waals surface area contributed by atoms with E-state index in [0.717, 1.165) is 31.2 Å². The molecule has 0 bridgehead atoms. The molecule has 4 heteroatoms. The van der Waals surface area contributed by atoms with Gasteiger partial charge in [-0.3, -0.25) is 4.79 Å². The minimum Gasteiger partial charge on any atom is -0.481 e. The number of aliphatic hydroxyl groups excluding tert-OH is 1. The molecule has 1 fully saturated rings. The van der Waals surface area contributed by atoms with Crippen LogP contribution < -0.4 is 10.1 Å². The van der Waals surface area contributed by atoms with Gasteiger partial charge in [-0.15, -0.1) is 0 Å². The van der Waals surface area contributed by atoms with Gasteiger partial charge < -0.3 is 15.2 Å². The Morgan fingerprint density at radius 1 is 1.40 bits per heavy atom. The zero-order chi connectivity index (χ0) is 14.5. The van der Waals surface area contributed by atoms with Crippen molar-refractivity contribution in [3.05, 3.63) is 29.8 Å². The molecule has 2 rings (SSSR count). The highest BCUT2D eigenvalue weighted by molar-refractivity contribution is 5.81. The SMILES string of the molecule is Cc1cccc(OC(C)C(=O)N[C@@H]2CCCC[C@H]2O)c1. The molecule has 0 heterocycles. The van der Waals surface area contributed by atoms with Gasteiger partial charge in [0.05, 0.1) is 12.1 Å². The number of nitrogens with one attached hydrogen (secondary N) is 1. The predicted molar refractivity (Wildman–Crippen MR) is 77.7 cm³/mol. The summed E-state index contributed by atoms with van der Waals surface area (Å²) in [5, 5.41) is 12.8. The van der Waals surface area contributed by atoms with Gasteiger partial charge in [0.25, 0.3) is 5.91 Å². The maximum atomic E-state index is 12.1. The second kappa shape index (κ2) is 6.75. The van der Waals surface area contributed by atoms with Gasteiger partial charge in [0.15, 0.2) is 6.10 Å². The number of ether oxygens (including phenoxy) is 1. The first-order chi connectivity index (χ1) is 9.56. The molecule has 0 aromatic heterocycles. The highest BCUT2D eigenvalue weighted by Gasteiger charge is 2.26. The van der Waals surface area contributed by atoms with Crippen molar-refractivity contribution in [1.29, 1.82) is 0 Å². The van der Waals surface area contributed by atoms with Crippen LogP contribution in [-0.4, -0.2) is 29.3 Å². The standard InChI is InChI=1S/C16H23NO3/c1-11-6-5-7-13(10-11)20-12(2)16(19)17-14-8-3-4-9-15(14)18/h5-7,10,12,14-15,18H,3-4,8-9H2,1-2H3,(H,17,19)/t12?,14-,15-/m1/s1. The van der Waals surface area contributed by atoms with Crippen LogP contribution in [0.3, 0.4) is 0 Å². The molecule has 0 aliphatic heterocycles. The summed E-state index contributed by atoms with van der Waals surface area (Å²) in [5.41, 5.74) is 1.10. The summed E-state index contributed by atoms with van der Waals surface area (Å²) < 4.78 is 5.64. The summed E-state index contributed by atoms with van der Waals surface area (Å²) in [4.78, 5) is 12.1. The van der Waals surface area contributed by atoms with Crippen LogP contribution in [0.5, 0.6) is 5.75 Å². The van der Waals surface area contributed by atoms with Crippen molar-refractivity contribution < 1.29 is 14.6 Å². The molecule has 0 saturated heterocycles. The van der Waals surface area contributed by atoms with Crippen LogP contribution in [0.2, 0.25) is 0 Å². The summed E-state index contributed by atoms with van der Waals surface area (Å²) >= 11 is 0. The molecule has 1 unspecified atom stereocenters. The van der Waals surface area contributed by atoms with E-state index >= 15 is 0 Å². The van der Waals surface area contributed by atoms with Crippen LogP contribution in [0.25, 0.3) is 0 Å². The van der Waals surface area contributed by atoms with Crippen LogP contribution in [0.4, 0.5) is 0 Å². The first-order valence-corrected chi connectivity index (χ1v) is 7.28. The van der Waals surface area contributed by atoms with E-state index in [1.807, 2.05) is 31.2 Å². The third-order valence-electron chi connectivity index (χ3n) is 3.73. The summed E-state index contributed by atoms with van der Waals surface area (Å²) in [6, 6.07) is 7.49. The fraction of sp³-hybridized carbons (Fsp3) is 0.562. The molecule has 3 atom stereocenters. The van der Waals surface area contributed by atoms with Crippen molar-refractivity contribution in [2.75, 3.05) is 0 Å². The highest BCUT2D eigenvalue weighted by Crippen LogP contribution is 2.19. The molecular weight excluding hydrogens is 254 g/mol. The van der Waals surface area contributed by atoms with E-state index in [1.165, 1.54) is 0 Å². The molecule has 1 aliphatic rings. The fourth-order valence-electron chi connectivity index (χ4n) is 2.53. The third kappa shape index (κ3) is 3.97. The van der Waals surface area contributed by atoms with Gasteiger partial charge in [-0.2, -0.15) is 0 Å². The second-order valence-corrected chi connectivity index (χ2v) is 5.54. The highest BCUT2D eigenvalue weighted by atomic mass is 16.5. The Hall–Kier alpha value is -1.55. The number of amides is 1. The van der Waals surface area contributed by atoms with Gasteiger partial charge in [-0.05, 0) is 44.4 Å². The zero-order valence-electron chi connectivity index (χ0n) is 12.1. The molecule has 20 heavy (non-hydrogen) atoms. The Labute approximate surface area is 120 Å². The third-order valence-corrected chi connectivity index (χ3v) is 3.73. The molecule has 1 aliphatic carbocycles. The number of hydrogen-bond acceptors (Lipinski definition) is 3. The van der Waals surface area contributed by atoms with Crippen LogP contribution in [0, 0.1) is 6.92 Å². The van der Waals surface area contributed by atoms with Crippen molar-refractivity contribution in [2.24, 2.45) is 0 Å². The average Bonchev–Trinajstić information content (AvgIpc) is 2.41. The number of aliphatic hydroxyl groups is 1. The maximum Gasteiger partial charge on any atom is 0.261 e. The summed E-state index contributed by atoms with van der Waals surface area (Å²) in [6.07, 6.45) is 2.69. The van der Waals surface area contributed by atoms with E-state index in [2.05, 4.69) is 5.32 Å². The van der Waals surface area contributed by atoms with Gasteiger partial charge in [0.2, 0.25) is 0 Å². The van der Waals surface area contributed by atoms with Crippen LogP contribution in [0.1, 0.15) is 38.2 Å². The molecule has 0 spiro atoms. The smallest absolute Gasteiger partial charge is 0.261 e. The van der Waals surface area contributed by atoms with Gasteiger partial charge in [0, 0.05) is 0 Å². The molecule has 1 saturated carbocycles. The van der Waals surface area contributed by atoms with Gasteiger partial charge in [-0.25, -0.2) is 0 Å². The van der Waals surface area contributed by atoms with E-state index in [4.69, 9.17) is 4.74 Å². The average molecular weight is 277 g/mol. The fourth-order valence-corrected chi connectivity index (χ4v) is 2.53. The van der Waals surface area contributed by atoms with E-state index < -0.39 is 12.2 Å². The Morgan fingerprint density at radius 2 is 2.15 bits per heavy atom. The molecule has 1 amide bonds. The number of benzene rings is 1. The number of carbonyl (C=O) groups excluding carboxylic acids is 1. The number of carbonyl (C=O) groups is 1. The first-order valence-electron chi connectivity index (χ1n) is 7.28. The minimum atomic E-state index is -0.564. The first kappa shape index (κ1) is 14.9. The van der Waals surface area contributed by atoms with Crippen molar-refractivity contribution in [1.82, 2.24) is 5.32 Å². The maximum absolute atomic E-state index is 12.1. The predicted octanol–water partition coefficient (Wildman–Crippen LogP) is 2.18. The van der Waals surface area contributed by atoms with Crippen LogP contribution in [0.15, 0.2) is 24.3 Å². The molecular formula is C16H23NO3. The number of rotatable bonds is 4. The topological polar surface area (TPSA) is 58.6 Å². The van der Waals surface area contributed by atoms with Gasteiger partial charge in [0.1, 0.15) is 5.75 Å². The van der Waals surface area contributed by atoms with Crippen molar-refractivity contribution in [3.8, 4) is 5.75 Å².